The van der Waals surface area contributed by atoms with Crippen molar-refractivity contribution in [2.24, 2.45) is 0 Å². The molecule has 3 N–H and O–H groups in total. The predicted octanol–water partition coefficient (Wildman–Crippen LogP) is 1.11. The van der Waals surface area contributed by atoms with E-state index in [1.807, 2.05) is 6.92 Å². The summed E-state index contributed by atoms with van der Waals surface area (Å²) in [6.07, 6.45) is 1.68. The average Bonchev–Trinajstić information content (AvgIpc) is 2.71. The first-order valence-corrected chi connectivity index (χ1v) is 7.79. The normalized spacial score (nSPS) is 12.2. The molecule has 7 heteroatoms. The fourth-order valence-electron chi connectivity index (χ4n) is 1.39. The quantitative estimate of drug-likeness (QED) is 0.782. The van der Waals surface area contributed by atoms with Crippen LogP contribution >= 0.6 is 11.3 Å². The molecule has 0 amide bonds. The number of hydrogen-bond donors (Lipinski definition) is 2. The number of thiophene rings is 1. The molecular weight excluding hydrogens is 260 g/mol. The van der Waals surface area contributed by atoms with Crippen LogP contribution in [0, 0.1) is 0 Å². The number of nitrogen functional groups attached to an aromatic ring is 1. The maximum absolute atomic E-state index is 12.2. The SMILES string of the molecule is CCCCN(CCO)S(=O)(=O)c1cc(N)cs1. The van der Waals surface area contributed by atoms with E-state index in [0.29, 0.717) is 12.2 Å². The van der Waals surface area contributed by atoms with Gasteiger partial charge in [-0.2, -0.15) is 4.31 Å². The van der Waals surface area contributed by atoms with Gasteiger partial charge in [0.05, 0.1) is 6.61 Å². The highest BCUT2D eigenvalue weighted by molar-refractivity contribution is 7.91. The van der Waals surface area contributed by atoms with Gasteiger partial charge in [0.25, 0.3) is 10.0 Å². The van der Waals surface area contributed by atoms with Crippen molar-refractivity contribution in [1.82, 2.24) is 4.31 Å². The van der Waals surface area contributed by atoms with E-state index in [2.05, 4.69) is 0 Å². The van der Waals surface area contributed by atoms with Gasteiger partial charge in [-0.1, -0.05) is 13.3 Å². The Bertz CT molecular complexity index is 442. The molecule has 0 unspecified atom stereocenters. The molecule has 0 saturated carbocycles. The zero-order valence-corrected chi connectivity index (χ0v) is 11.4. The van der Waals surface area contributed by atoms with E-state index in [4.69, 9.17) is 10.8 Å². The van der Waals surface area contributed by atoms with Gasteiger partial charge in [0.2, 0.25) is 0 Å². The Hall–Kier alpha value is -0.630. The third-order valence-electron chi connectivity index (χ3n) is 2.30. The van der Waals surface area contributed by atoms with E-state index in [-0.39, 0.29) is 17.4 Å². The fraction of sp³-hybridized carbons (Fsp3) is 0.600. The molecule has 1 rings (SSSR count). The van der Waals surface area contributed by atoms with Gasteiger partial charge >= 0.3 is 0 Å². The summed E-state index contributed by atoms with van der Waals surface area (Å²) in [4.78, 5) is 0. The van der Waals surface area contributed by atoms with Crippen LogP contribution in [0.5, 0.6) is 0 Å². The van der Waals surface area contributed by atoms with E-state index in [9.17, 15) is 8.42 Å². The van der Waals surface area contributed by atoms with E-state index < -0.39 is 10.0 Å². The maximum Gasteiger partial charge on any atom is 0.252 e. The fourth-order valence-corrected chi connectivity index (χ4v) is 4.09. The second kappa shape index (κ2) is 6.34. The smallest absolute Gasteiger partial charge is 0.252 e. The lowest BCUT2D eigenvalue weighted by atomic mass is 10.3. The summed E-state index contributed by atoms with van der Waals surface area (Å²) in [6, 6.07) is 1.45. The minimum Gasteiger partial charge on any atom is -0.398 e. The number of hydrogen-bond acceptors (Lipinski definition) is 5. The summed E-state index contributed by atoms with van der Waals surface area (Å²) in [5, 5.41) is 10.5. The third-order valence-corrected chi connectivity index (χ3v) is 5.63. The van der Waals surface area contributed by atoms with E-state index in [1.54, 1.807) is 5.38 Å². The molecule has 17 heavy (non-hydrogen) atoms. The Morgan fingerprint density at radius 3 is 2.65 bits per heavy atom. The highest BCUT2D eigenvalue weighted by atomic mass is 32.2. The average molecular weight is 278 g/mol. The Labute approximate surface area is 106 Å². The van der Waals surface area contributed by atoms with Crippen molar-refractivity contribution in [2.75, 3.05) is 25.4 Å². The van der Waals surface area contributed by atoms with Crippen molar-refractivity contribution in [1.29, 1.82) is 0 Å². The van der Waals surface area contributed by atoms with Crippen molar-refractivity contribution in [2.45, 2.75) is 24.0 Å². The van der Waals surface area contributed by atoms with Crippen LogP contribution in [-0.2, 0) is 10.0 Å². The largest absolute Gasteiger partial charge is 0.398 e. The van der Waals surface area contributed by atoms with Crippen LogP contribution in [0.15, 0.2) is 15.7 Å². The number of nitrogens with zero attached hydrogens (tertiary/aromatic N) is 1. The Kier molecular flexibility index (Phi) is 5.38. The lowest BCUT2D eigenvalue weighted by Crippen LogP contribution is -2.34. The monoisotopic (exact) mass is 278 g/mol. The Morgan fingerprint density at radius 1 is 1.47 bits per heavy atom. The van der Waals surface area contributed by atoms with Gasteiger partial charge < -0.3 is 10.8 Å². The molecule has 0 aliphatic carbocycles. The number of rotatable bonds is 7. The van der Waals surface area contributed by atoms with Crippen molar-refractivity contribution < 1.29 is 13.5 Å². The van der Waals surface area contributed by atoms with Crippen LogP contribution in [0.25, 0.3) is 0 Å². The summed E-state index contributed by atoms with van der Waals surface area (Å²) in [7, 11) is -3.50. The second-order valence-electron chi connectivity index (χ2n) is 3.68. The number of anilines is 1. The molecule has 1 heterocycles. The van der Waals surface area contributed by atoms with Crippen LogP contribution in [0.4, 0.5) is 5.69 Å². The van der Waals surface area contributed by atoms with Crippen molar-refractivity contribution >= 4 is 27.0 Å². The molecule has 1 aromatic rings. The summed E-state index contributed by atoms with van der Waals surface area (Å²) in [5.41, 5.74) is 5.98. The Morgan fingerprint density at radius 2 is 2.18 bits per heavy atom. The summed E-state index contributed by atoms with van der Waals surface area (Å²) < 4.78 is 26.0. The van der Waals surface area contributed by atoms with Crippen LogP contribution in [-0.4, -0.2) is 37.5 Å². The third kappa shape index (κ3) is 3.67. The first kappa shape index (κ1) is 14.4. The molecular formula is C10H18N2O3S2. The van der Waals surface area contributed by atoms with Gasteiger partial charge in [-0.25, -0.2) is 8.42 Å². The molecule has 0 bridgehead atoms. The molecule has 0 atom stereocenters. The lowest BCUT2D eigenvalue weighted by molar-refractivity contribution is 0.252. The molecule has 0 fully saturated rings. The van der Waals surface area contributed by atoms with Gasteiger partial charge in [0, 0.05) is 24.2 Å². The van der Waals surface area contributed by atoms with Gasteiger partial charge in [-0.3, -0.25) is 0 Å². The minimum atomic E-state index is -3.50. The van der Waals surface area contributed by atoms with E-state index >= 15 is 0 Å². The number of aliphatic hydroxyl groups is 1. The molecule has 0 saturated heterocycles. The van der Waals surface area contributed by atoms with E-state index in [0.717, 1.165) is 24.2 Å². The van der Waals surface area contributed by atoms with Crippen LogP contribution in [0.3, 0.4) is 0 Å². The van der Waals surface area contributed by atoms with Gasteiger partial charge in [0.15, 0.2) is 0 Å². The van der Waals surface area contributed by atoms with Crippen molar-refractivity contribution in [3.63, 3.8) is 0 Å². The van der Waals surface area contributed by atoms with E-state index in [1.165, 1.54) is 10.4 Å². The molecule has 0 radical (unpaired) electrons. The molecule has 5 nitrogen and oxygen atoms in total. The number of aliphatic hydroxyl groups excluding tert-OH is 1. The first-order chi connectivity index (χ1) is 8.02. The highest BCUT2D eigenvalue weighted by Gasteiger charge is 2.24. The van der Waals surface area contributed by atoms with Crippen LogP contribution in [0.1, 0.15) is 19.8 Å². The number of unbranched alkanes of at least 4 members (excludes halogenated alkanes) is 1. The van der Waals surface area contributed by atoms with Crippen LogP contribution < -0.4 is 5.73 Å². The molecule has 0 aromatic carbocycles. The van der Waals surface area contributed by atoms with Crippen molar-refractivity contribution in [3.05, 3.63) is 11.4 Å². The minimum absolute atomic E-state index is 0.125. The summed E-state index contributed by atoms with van der Waals surface area (Å²) in [5.74, 6) is 0. The van der Waals surface area contributed by atoms with Gasteiger partial charge in [-0.15, -0.1) is 11.3 Å². The molecule has 0 aliphatic rings. The second-order valence-corrected chi connectivity index (χ2v) is 6.76. The molecule has 98 valence electrons. The zero-order chi connectivity index (χ0) is 12.9. The lowest BCUT2D eigenvalue weighted by Gasteiger charge is -2.19. The zero-order valence-electron chi connectivity index (χ0n) is 9.80. The Balaban J connectivity index is 2.91. The molecule has 0 aliphatic heterocycles. The van der Waals surface area contributed by atoms with Gasteiger partial charge in [0.1, 0.15) is 4.21 Å². The molecule has 1 aromatic heterocycles. The number of nitrogens with two attached hydrogens (primary N) is 1. The number of sulfonamides is 1. The maximum atomic E-state index is 12.2. The predicted molar refractivity (Wildman–Crippen MR) is 69.5 cm³/mol. The summed E-state index contributed by atoms with van der Waals surface area (Å²) >= 11 is 1.11. The topological polar surface area (TPSA) is 83.6 Å². The first-order valence-electron chi connectivity index (χ1n) is 5.47. The highest BCUT2D eigenvalue weighted by Crippen LogP contribution is 2.25. The standard InChI is InChI=1S/C10H18N2O3S2/c1-2-3-4-12(5-6-13)17(14,15)10-7-9(11)8-16-10/h7-8,13H,2-6,11H2,1H3. The van der Waals surface area contributed by atoms with Crippen molar-refractivity contribution in [3.8, 4) is 0 Å². The molecule has 0 spiro atoms. The summed E-state index contributed by atoms with van der Waals surface area (Å²) in [6.45, 7) is 2.37. The van der Waals surface area contributed by atoms with Gasteiger partial charge in [-0.05, 0) is 12.5 Å². The van der Waals surface area contributed by atoms with Crippen LogP contribution in [0.2, 0.25) is 0 Å².